The Kier molecular flexibility index (Phi) is 3.59. The van der Waals surface area contributed by atoms with Gasteiger partial charge in [0, 0.05) is 12.6 Å². The molecule has 2 bridgehead atoms. The number of hydrogen-bond donors (Lipinski definition) is 1. The zero-order valence-electron chi connectivity index (χ0n) is 13.2. The maximum absolute atomic E-state index is 13.4. The van der Waals surface area contributed by atoms with Gasteiger partial charge in [0.2, 0.25) is 0 Å². The molecular weight excluding hydrogens is 323 g/mol. The molecule has 0 aliphatic carbocycles. The summed E-state index contributed by atoms with van der Waals surface area (Å²) in [6, 6.07) is 3.06. The van der Waals surface area contributed by atoms with E-state index in [4.69, 9.17) is 9.26 Å². The van der Waals surface area contributed by atoms with E-state index in [1.54, 1.807) is 6.07 Å². The van der Waals surface area contributed by atoms with Gasteiger partial charge in [-0.15, -0.1) is 0 Å². The lowest BCUT2D eigenvalue weighted by Gasteiger charge is -2.44. The van der Waals surface area contributed by atoms with Crippen LogP contribution in [0.5, 0.6) is 5.75 Å². The molecule has 130 valence electrons. The van der Waals surface area contributed by atoms with E-state index in [0.717, 1.165) is 32.5 Å². The van der Waals surface area contributed by atoms with E-state index in [-0.39, 0.29) is 17.4 Å². The Morgan fingerprint density at radius 1 is 1.29 bits per heavy atom. The smallest absolute Gasteiger partial charge is 0.423 e. The van der Waals surface area contributed by atoms with Crippen LogP contribution in [0.2, 0.25) is 0 Å². The van der Waals surface area contributed by atoms with Crippen LogP contribution < -0.4 is 10.1 Å². The minimum atomic E-state index is -4.57. The Bertz CT molecular complexity index is 751. The van der Waals surface area contributed by atoms with Crippen LogP contribution in [0.1, 0.15) is 18.4 Å². The normalized spacial score (nSPS) is 26.8. The van der Waals surface area contributed by atoms with Crippen molar-refractivity contribution in [1.29, 1.82) is 0 Å². The minimum Gasteiger partial charge on any atom is -0.496 e. The first-order valence-electron chi connectivity index (χ1n) is 8.00. The van der Waals surface area contributed by atoms with E-state index in [0.29, 0.717) is 17.1 Å². The van der Waals surface area contributed by atoms with Gasteiger partial charge in [-0.3, -0.25) is 0 Å². The highest BCUT2D eigenvalue weighted by Crippen LogP contribution is 2.43. The standard InChI is InChI=1S/C16H18F3N3O2/c1-23-12-3-2-10-14(13(12)16(17,18)19)24-21-15(10)20-11-8-22-6-4-9(11)5-7-22/h2-3,9,11H,4-8H2,1H3,(H,20,21)/t11-/m0/s1. The number of benzene rings is 1. The number of piperidine rings is 3. The van der Waals surface area contributed by atoms with Crippen molar-refractivity contribution in [3.8, 4) is 5.75 Å². The topological polar surface area (TPSA) is 50.5 Å². The van der Waals surface area contributed by atoms with Gasteiger partial charge in [0.05, 0.1) is 12.5 Å². The van der Waals surface area contributed by atoms with Crippen LogP contribution >= 0.6 is 0 Å². The Morgan fingerprint density at radius 2 is 2.04 bits per heavy atom. The lowest BCUT2D eigenvalue weighted by Crippen LogP contribution is -2.53. The maximum Gasteiger partial charge on any atom is 0.423 e. The van der Waals surface area contributed by atoms with Crippen LogP contribution in [-0.2, 0) is 6.18 Å². The van der Waals surface area contributed by atoms with E-state index in [2.05, 4.69) is 15.4 Å². The number of rotatable bonds is 3. The highest BCUT2D eigenvalue weighted by atomic mass is 19.4. The molecule has 3 saturated heterocycles. The number of hydrogen-bond acceptors (Lipinski definition) is 5. The number of nitrogens with one attached hydrogen (secondary N) is 1. The first-order chi connectivity index (χ1) is 11.5. The van der Waals surface area contributed by atoms with Crippen molar-refractivity contribution < 1.29 is 22.4 Å². The van der Waals surface area contributed by atoms with Gasteiger partial charge in [-0.05, 0) is 44.0 Å². The molecule has 2 aromatic rings. The molecule has 3 fully saturated rings. The van der Waals surface area contributed by atoms with Crippen molar-refractivity contribution in [1.82, 2.24) is 10.1 Å². The fourth-order valence-corrected chi connectivity index (χ4v) is 3.83. The van der Waals surface area contributed by atoms with Gasteiger partial charge < -0.3 is 19.5 Å². The van der Waals surface area contributed by atoms with Crippen LogP contribution in [0, 0.1) is 5.92 Å². The summed E-state index contributed by atoms with van der Waals surface area (Å²) < 4.78 is 50.0. The van der Waals surface area contributed by atoms with Gasteiger partial charge in [0.25, 0.3) is 0 Å². The number of fused-ring (bicyclic) bond motifs is 4. The number of halogens is 3. The first kappa shape index (κ1) is 15.6. The third kappa shape index (κ3) is 2.49. The number of alkyl halides is 3. The molecule has 0 radical (unpaired) electrons. The molecule has 8 heteroatoms. The highest BCUT2D eigenvalue weighted by molar-refractivity contribution is 5.92. The fraction of sp³-hybridized carbons (Fsp3) is 0.562. The van der Waals surface area contributed by atoms with Crippen molar-refractivity contribution in [2.75, 3.05) is 32.1 Å². The molecule has 3 aliphatic heterocycles. The Morgan fingerprint density at radius 3 is 2.62 bits per heavy atom. The van der Waals surface area contributed by atoms with E-state index < -0.39 is 11.7 Å². The van der Waals surface area contributed by atoms with Crippen molar-refractivity contribution in [2.24, 2.45) is 5.92 Å². The summed E-state index contributed by atoms with van der Waals surface area (Å²) in [6.45, 7) is 3.08. The largest absolute Gasteiger partial charge is 0.496 e. The fourth-order valence-electron chi connectivity index (χ4n) is 3.83. The van der Waals surface area contributed by atoms with Crippen LogP contribution in [0.4, 0.5) is 19.0 Å². The number of anilines is 1. The second kappa shape index (κ2) is 5.54. The third-order valence-corrected chi connectivity index (χ3v) is 5.08. The molecule has 3 aliphatic rings. The molecule has 1 aromatic carbocycles. The van der Waals surface area contributed by atoms with Crippen molar-refractivity contribution in [3.05, 3.63) is 17.7 Å². The molecule has 5 nitrogen and oxygen atoms in total. The Labute approximate surface area is 136 Å². The van der Waals surface area contributed by atoms with Gasteiger partial charge in [-0.1, -0.05) is 5.16 Å². The molecule has 1 aromatic heterocycles. The molecule has 0 unspecified atom stereocenters. The molecule has 1 N–H and O–H groups in total. The summed E-state index contributed by atoms with van der Waals surface area (Å²) in [5, 5.41) is 7.49. The van der Waals surface area contributed by atoms with E-state index >= 15 is 0 Å². The highest BCUT2D eigenvalue weighted by Gasteiger charge is 2.40. The minimum absolute atomic E-state index is 0.192. The molecule has 4 heterocycles. The van der Waals surface area contributed by atoms with Gasteiger partial charge in [-0.25, -0.2) is 0 Å². The zero-order valence-corrected chi connectivity index (χ0v) is 13.2. The predicted molar refractivity (Wildman–Crippen MR) is 82.1 cm³/mol. The van der Waals surface area contributed by atoms with Gasteiger partial charge in [-0.2, -0.15) is 13.2 Å². The van der Waals surface area contributed by atoms with Crippen LogP contribution in [-0.4, -0.2) is 42.8 Å². The summed E-state index contributed by atoms with van der Waals surface area (Å²) in [7, 11) is 1.21. The lowest BCUT2D eigenvalue weighted by molar-refractivity contribution is -0.138. The van der Waals surface area contributed by atoms with Gasteiger partial charge in [0.15, 0.2) is 11.4 Å². The molecule has 0 amide bonds. The zero-order chi connectivity index (χ0) is 16.9. The van der Waals surface area contributed by atoms with Crippen LogP contribution in [0.25, 0.3) is 11.0 Å². The van der Waals surface area contributed by atoms with E-state index in [1.165, 1.54) is 13.2 Å². The average Bonchev–Trinajstić information content (AvgIpc) is 2.97. The Hall–Kier alpha value is -1.96. The van der Waals surface area contributed by atoms with Gasteiger partial charge >= 0.3 is 6.18 Å². The second-order valence-electron chi connectivity index (χ2n) is 6.44. The molecule has 0 spiro atoms. The number of nitrogens with zero attached hydrogens (tertiary/aromatic N) is 2. The lowest BCUT2D eigenvalue weighted by atomic mass is 9.84. The number of aromatic nitrogens is 1. The summed E-state index contributed by atoms with van der Waals surface area (Å²) >= 11 is 0. The quantitative estimate of drug-likeness (QED) is 0.928. The summed E-state index contributed by atoms with van der Waals surface area (Å²) in [5.41, 5.74) is -1.21. The maximum atomic E-state index is 13.4. The predicted octanol–water partition coefficient (Wildman–Crippen LogP) is 3.36. The number of methoxy groups -OCH3 is 1. The Balaban J connectivity index is 1.70. The summed E-state index contributed by atoms with van der Waals surface area (Å²) in [6.07, 6.45) is -2.36. The van der Waals surface area contributed by atoms with Crippen LogP contribution in [0.15, 0.2) is 16.7 Å². The van der Waals surface area contributed by atoms with E-state index in [1.807, 2.05) is 0 Å². The average molecular weight is 341 g/mol. The molecule has 5 rings (SSSR count). The van der Waals surface area contributed by atoms with Crippen molar-refractivity contribution in [2.45, 2.75) is 25.1 Å². The molecule has 1 atom stereocenters. The second-order valence-corrected chi connectivity index (χ2v) is 6.44. The third-order valence-electron chi connectivity index (χ3n) is 5.08. The first-order valence-corrected chi connectivity index (χ1v) is 8.00. The van der Waals surface area contributed by atoms with Gasteiger partial charge in [0.1, 0.15) is 11.3 Å². The van der Waals surface area contributed by atoms with Crippen LogP contribution in [0.3, 0.4) is 0 Å². The van der Waals surface area contributed by atoms with Crippen molar-refractivity contribution >= 4 is 16.8 Å². The number of ether oxygens (including phenoxy) is 1. The van der Waals surface area contributed by atoms with E-state index in [9.17, 15) is 13.2 Å². The molecule has 24 heavy (non-hydrogen) atoms. The summed E-state index contributed by atoms with van der Waals surface area (Å²) in [4.78, 5) is 2.37. The summed E-state index contributed by atoms with van der Waals surface area (Å²) in [5.74, 6) is 0.638. The monoisotopic (exact) mass is 341 g/mol. The van der Waals surface area contributed by atoms with Crippen molar-refractivity contribution in [3.63, 3.8) is 0 Å². The molecule has 0 saturated carbocycles. The molecular formula is C16H18F3N3O2. The SMILES string of the molecule is COc1ccc2c(N[C@H]3CN4CCC3CC4)noc2c1C(F)(F)F.